The van der Waals surface area contributed by atoms with E-state index in [9.17, 15) is 0 Å². The number of benzene rings is 11. The van der Waals surface area contributed by atoms with Crippen molar-refractivity contribution in [2.24, 2.45) is 0 Å². The summed E-state index contributed by atoms with van der Waals surface area (Å²) in [7, 11) is -0.709. The first-order valence-corrected chi connectivity index (χ1v) is 32.2. The zero-order valence-corrected chi connectivity index (χ0v) is 52.7. The summed E-state index contributed by atoms with van der Waals surface area (Å²) < 4.78 is 0. The Morgan fingerprint density at radius 2 is 0.598 bits per heavy atom. The Kier molecular flexibility index (Phi) is 13.7. The number of nitrogens with zero attached hydrogens (tertiary/aromatic N) is 2. The minimum absolute atomic E-state index is 0.0816. The lowest BCUT2D eigenvalue weighted by Crippen LogP contribution is -2.17. The Morgan fingerprint density at radius 1 is 0.299 bits per heavy atom. The van der Waals surface area contributed by atoms with Crippen LogP contribution in [0.3, 0.4) is 0 Å². The highest BCUT2D eigenvalue weighted by molar-refractivity contribution is 7.67. The van der Waals surface area contributed by atoms with E-state index in [-0.39, 0.29) is 21.7 Å². The maximum atomic E-state index is 2.43. The minimum Gasteiger partial charge on any atom is -0.310 e. The molecule has 3 heteroatoms. The molecule has 1 heterocycles. The van der Waals surface area contributed by atoms with Gasteiger partial charge in [0.05, 0.1) is 0 Å². The highest BCUT2D eigenvalue weighted by atomic mass is 31.1. The maximum absolute atomic E-state index is 2.43. The van der Waals surface area contributed by atoms with Crippen molar-refractivity contribution in [1.29, 1.82) is 0 Å². The number of hydrogen-bond donors (Lipinski definition) is 0. The fourth-order valence-corrected chi connectivity index (χ4v) is 16.3. The van der Waals surface area contributed by atoms with Gasteiger partial charge in [0.1, 0.15) is 0 Å². The molecule has 0 N–H and O–H groups in total. The van der Waals surface area contributed by atoms with Crippen LogP contribution in [0.2, 0.25) is 0 Å². The molecule has 0 spiro atoms. The molecular weight excluding hydrogens is 1070 g/mol. The molecule has 0 saturated heterocycles. The molecule has 14 rings (SSSR count). The highest BCUT2D eigenvalue weighted by Crippen LogP contribution is 2.57. The monoisotopic (exact) mass is 1140 g/mol. The molecule has 0 amide bonds. The van der Waals surface area contributed by atoms with E-state index in [2.05, 4.69) is 352 Å². The van der Waals surface area contributed by atoms with E-state index >= 15 is 0 Å². The van der Waals surface area contributed by atoms with Crippen molar-refractivity contribution in [1.82, 2.24) is 0 Å². The Morgan fingerprint density at radius 3 is 0.966 bits per heavy atom. The van der Waals surface area contributed by atoms with Gasteiger partial charge in [-0.15, -0.1) is 0 Å². The van der Waals surface area contributed by atoms with E-state index < -0.39 is 7.53 Å². The molecule has 0 radical (unpaired) electrons. The van der Waals surface area contributed by atoms with Gasteiger partial charge in [0, 0.05) is 55.2 Å². The smallest absolute Gasteiger partial charge is 0.0465 e. The molecule has 0 bridgehead atoms. The predicted molar refractivity (Wildman–Crippen MR) is 378 cm³/mol. The lowest BCUT2D eigenvalue weighted by molar-refractivity contribution is 0.590. The third kappa shape index (κ3) is 10.0. The first kappa shape index (κ1) is 55.7. The Balaban J connectivity index is 0.752. The average molecular weight is 1140 g/mol. The summed E-state index contributed by atoms with van der Waals surface area (Å²) in [6.07, 6.45) is 9.23. The van der Waals surface area contributed by atoms with Crippen LogP contribution in [0.1, 0.15) is 125 Å². The van der Waals surface area contributed by atoms with Crippen LogP contribution in [0.25, 0.3) is 72.9 Å². The van der Waals surface area contributed by atoms with Gasteiger partial charge in [-0.3, -0.25) is 0 Å². The lowest BCUT2D eigenvalue weighted by atomic mass is 9.81. The van der Waals surface area contributed by atoms with Crippen LogP contribution in [0, 0.1) is 0 Å². The molecule has 1 aromatic heterocycles. The van der Waals surface area contributed by atoms with Gasteiger partial charge >= 0.3 is 0 Å². The van der Waals surface area contributed by atoms with Crippen LogP contribution in [-0.2, 0) is 21.7 Å². The van der Waals surface area contributed by atoms with Crippen LogP contribution < -0.4 is 9.80 Å². The molecule has 2 aliphatic rings. The van der Waals surface area contributed by atoms with Gasteiger partial charge in [0.25, 0.3) is 0 Å². The van der Waals surface area contributed by atoms with Crippen LogP contribution in [0.5, 0.6) is 0 Å². The second-order valence-electron chi connectivity index (χ2n) is 27.1. The van der Waals surface area contributed by atoms with Gasteiger partial charge in [-0.2, -0.15) is 0 Å². The van der Waals surface area contributed by atoms with Crippen LogP contribution in [0.4, 0.5) is 34.1 Å². The topological polar surface area (TPSA) is 6.48 Å². The van der Waals surface area contributed by atoms with Crippen molar-refractivity contribution >= 4 is 87.0 Å². The van der Waals surface area contributed by atoms with Crippen molar-refractivity contribution < 1.29 is 0 Å². The van der Waals surface area contributed by atoms with E-state index in [0.717, 1.165) is 34.1 Å². The number of fused-ring (bicyclic) bond motifs is 9. The summed E-state index contributed by atoms with van der Waals surface area (Å²) in [5.74, 6) is 0. The fraction of sp³-hybridized carbons (Fsp3) is 0.167. The Bertz CT molecular complexity index is 4380. The fourth-order valence-electron chi connectivity index (χ4n) is 13.7. The van der Waals surface area contributed by atoms with Crippen molar-refractivity contribution in [3.8, 4) is 27.6 Å². The van der Waals surface area contributed by atoms with Gasteiger partial charge in [-0.05, 0) is 202 Å². The quantitative estimate of drug-likeness (QED) is 0.119. The zero-order chi connectivity index (χ0) is 60.0. The molecule has 426 valence electrons. The third-order valence-corrected chi connectivity index (χ3v) is 21.2. The van der Waals surface area contributed by atoms with E-state index in [4.69, 9.17) is 0 Å². The van der Waals surface area contributed by atoms with E-state index in [1.54, 1.807) is 0 Å². The summed E-state index contributed by atoms with van der Waals surface area (Å²) in [6, 6.07) is 93.5. The predicted octanol–water partition coefficient (Wildman–Crippen LogP) is 24.5. The van der Waals surface area contributed by atoms with Gasteiger partial charge in [0.2, 0.25) is 0 Å². The van der Waals surface area contributed by atoms with Crippen molar-refractivity contribution in [3.63, 3.8) is 0 Å². The van der Waals surface area contributed by atoms with E-state index in [1.807, 2.05) is 0 Å². The summed E-state index contributed by atoms with van der Waals surface area (Å²) in [5.41, 5.74) is 24.9. The number of para-hydroxylation sites is 2. The number of hydrogen-bond acceptors (Lipinski definition) is 2. The van der Waals surface area contributed by atoms with Crippen molar-refractivity contribution in [3.05, 3.63) is 304 Å². The van der Waals surface area contributed by atoms with Crippen molar-refractivity contribution in [2.75, 3.05) is 9.80 Å². The summed E-state index contributed by atoms with van der Waals surface area (Å²) >= 11 is 0. The zero-order valence-electron chi connectivity index (χ0n) is 51.8. The van der Waals surface area contributed by atoms with Crippen LogP contribution >= 0.6 is 7.53 Å². The normalized spacial score (nSPS) is 14.2. The maximum Gasteiger partial charge on any atom is 0.0465 e. The molecule has 2 aliphatic carbocycles. The third-order valence-electron chi connectivity index (χ3n) is 18.7. The second kappa shape index (κ2) is 21.3. The van der Waals surface area contributed by atoms with Gasteiger partial charge in [0.15, 0.2) is 0 Å². The van der Waals surface area contributed by atoms with Gasteiger partial charge < -0.3 is 9.80 Å². The molecule has 0 unspecified atom stereocenters. The minimum atomic E-state index is -0.709. The highest BCUT2D eigenvalue weighted by Gasteiger charge is 2.38. The van der Waals surface area contributed by atoms with Crippen LogP contribution in [-0.4, -0.2) is 0 Å². The summed E-state index contributed by atoms with van der Waals surface area (Å²) in [4.78, 5) is 4.79. The lowest BCUT2D eigenvalue weighted by Gasteiger charge is -2.29. The number of rotatable bonds is 11. The van der Waals surface area contributed by atoms with Crippen LogP contribution in [0.15, 0.2) is 249 Å². The molecule has 0 aliphatic heterocycles. The average Bonchev–Trinajstić information content (AvgIpc) is 1.67. The first-order valence-electron chi connectivity index (χ1n) is 30.9. The second-order valence-corrected chi connectivity index (χ2v) is 29.3. The molecule has 0 fully saturated rings. The van der Waals surface area contributed by atoms with E-state index in [1.165, 1.54) is 104 Å². The summed E-state index contributed by atoms with van der Waals surface area (Å²) in [5, 5.41) is 6.88. The van der Waals surface area contributed by atoms with Gasteiger partial charge in [-0.1, -0.05) is 253 Å². The SMILES string of the molecule is CC(C)(C)c1ccc(N(c2ccccc2)c2ccc3c(c2)C(C)(C)c2cc(C=Cc4ccc5c(c4)c4cc(C=Cc6ccc7c(c6)C(C)(C)c6cc(N(c8ccccc8)c8ccc(C(C)(C)C)cc8)ccc6-7)ccc4p5-c4ccccc4)ccc2-3)cc1. The van der Waals surface area contributed by atoms with E-state index in [0.29, 0.717) is 0 Å². The largest absolute Gasteiger partial charge is 0.310 e. The number of anilines is 6. The molecule has 0 atom stereocenters. The van der Waals surface area contributed by atoms with Crippen molar-refractivity contribution in [2.45, 2.75) is 90.9 Å². The molecule has 87 heavy (non-hydrogen) atoms. The Labute approximate surface area is 516 Å². The molecular formula is C84H75N2P. The molecule has 2 nitrogen and oxygen atoms in total. The molecule has 11 aromatic carbocycles. The summed E-state index contributed by atoms with van der Waals surface area (Å²) in [6.45, 7) is 23.2. The van der Waals surface area contributed by atoms with Gasteiger partial charge in [-0.25, -0.2) is 0 Å². The molecule has 0 saturated carbocycles. The standard InChI is InChI=1S/C84H75N2P/c1-81(2,3)60-34-38-64(39-35-60)85(62-20-14-11-15-21-62)66-42-46-71-69-44-30-58(52-75(69)83(7,8)77(71)54-66)28-26-56-32-48-79-73(50-56)74-51-57(33-49-80(74)87(79)68-24-18-13-19-25-68)27-29-59-31-45-70-72-47-43-67(55-78(72)84(9,10)76(70)53-59)86(63-22-16-12-17-23-63)65-40-36-61(37-41-65)82(4,5)6/h11-55H,1-10H3. The first-order chi connectivity index (χ1) is 41.9. The molecule has 12 aromatic rings. The Hall–Kier alpha value is -9.20.